The van der Waals surface area contributed by atoms with E-state index in [4.69, 9.17) is 0 Å². The summed E-state index contributed by atoms with van der Waals surface area (Å²) in [5, 5.41) is 6.96. The summed E-state index contributed by atoms with van der Waals surface area (Å²) in [5.41, 5.74) is 5.13. The highest BCUT2D eigenvalue weighted by Gasteiger charge is 2.47. The number of nitrogens with zero attached hydrogens (tertiary/aromatic N) is 3. The van der Waals surface area contributed by atoms with Gasteiger partial charge in [-0.1, -0.05) is 24.3 Å². The van der Waals surface area contributed by atoms with Crippen LogP contribution in [0.5, 0.6) is 0 Å². The zero-order valence-electron chi connectivity index (χ0n) is 21.1. The van der Waals surface area contributed by atoms with Crippen LogP contribution in [-0.2, 0) is 6.54 Å². The summed E-state index contributed by atoms with van der Waals surface area (Å²) in [7, 11) is 0. The van der Waals surface area contributed by atoms with Crippen LogP contribution in [0.15, 0.2) is 79.3 Å². The lowest BCUT2D eigenvalue weighted by atomic mass is 9.80. The Morgan fingerprint density at radius 2 is 1.74 bits per heavy atom. The Kier molecular flexibility index (Phi) is 6.57. The van der Waals surface area contributed by atoms with Crippen molar-refractivity contribution in [2.75, 3.05) is 18.4 Å². The molecule has 2 N–H and O–H groups in total. The molecule has 0 spiro atoms. The van der Waals surface area contributed by atoms with Crippen molar-refractivity contribution in [3.8, 4) is 5.69 Å². The third-order valence-electron chi connectivity index (χ3n) is 7.84. The number of benzene rings is 2. The van der Waals surface area contributed by atoms with Gasteiger partial charge in [0.05, 0.1) is 18.6 Å². The van der Waals surface area contributed by atoms with Gasteiger partial charge in [-0.05, 0) is 79.1 Å². The lowest BCUT2D eigenvalue weighted by molar-refractivity contribution is -0.150. The third kappa shape index (κ3) is 5.13. The Hall–Kier alpha value is -3.78. The minimum Gasteiger partial charge on any atom is -0.334 e. The highest BCUT2D eigenvalue weighted by molar-refractivity contribution is 5.89. The topological polar surface area (TPSA) is 62.2 Å². The molecule has 2 aromatic carbocycles. The predicted molar refractivity (Wildman–Crippen MR) is 145 cm³/mol. The van der Waals surface area contributed by atoms with E-state index in [9.17, 15) is 13.6 Å². The number of urea groups is 1. The zero-order chi connectivity index (χ0) is 26.1. The van der Waals surface area contributed by atoms with Gasteiger partial charge in [-0.15, -0.1) is 0 Å². The van der Waals surface area contributed by atoms with Gasteiger partial charge in [0.15, 0.2) is 0 Å². The molecular weight excluding hydrogens is 484 g/mol. The van der Waals surface area contributed by atoms with Crippen LogP contribution < -0.4 is 10.6 Å². The summed E-state index contributed by atoms with van der Waals surface area (Å²) in [6.07, 6.45) is 9.61. The van der Waals surface area contributed by atoms with Crippen LogP contribution in [-0.4, -0.2) is 45.5 Å². The highest BCUT2D eigenvalue weighted by atomic mass is 19.3. The number of carbonyl (C=O) groups is 1. The summed E-state index contributed by atoms with van der Waals surface area (Å²) >= 11 is 0. The maximum absolute atomic E-state index is 13.3. The molecule has 0 unspecified atom stereocenters. The largest absolute Gasteiger partial charge is 0.334 e. The molecule has 8 heteroatoms. The van der Waals surface area contributed by atoms with E-state index in [1.807, 2.05) is 47.4 Å². The van der Waals surface area contributed by atoms with Gasteiger partial charge in [0.2, 0.25) is 0 Å². The van der Waals surface area contributed by atoms with Crippen molar-refractivity contribution >= 4 is 22.6 Å². The first-order chi connectivity index (χ1) is 18.4. The van der Waals surface area contributed by atoms with E-state index in [1.165, 1.54) is 10.9 Å². The van der Waals surface area contributed by atoms with Crippen LogP contribution in [0.2, 0.25) is 0 Å². The molecule has 196 valence electrons. The molecule has 2 aromatic heterocycles. The van der Waals surface area contributed by atoms with Gasteiger partial charge in [0.1, 0.15) is 0 Å². The number of hydrogen-bond donors (Lipinski definition) is 2. The number of hydrogen-bond acceptors (Lipinski definition) is 3. The molecule has 6 nitrogen and oxygen atoms in total. The maximum atomic E-state index is 13.3. The van der Waals surface area contributed by atoms with Gasteiger partial charge in [-0.25, -0.2) is 13.6 Å². The second kappa shape index (κ2) is 10.2. The molecule has 1 aliphatic carbocycles. The highest BCUT2D eigenvalue weighted by Crippen LogP contribution is 2.41. The summed E-state index contributed by atoms with van der Waals surface area (Å²) in [6.45, 7) is 0.236. The van der Waals surface area contributed by atoms with Gasteiger partial charge in [-0.2, -0.15) is 0 Å². The molecule has 1 aliphatic heterocycles. The first-order valence-electron chi connectivity index (χ1n) is 13.2. The average Bonchev–Trinajstić information content (AvgIpc) is 3.31. The van der Waals surface area contributed by atoms with Crippen LogP contribution in [0.4, 0.5) is 19.3 Å². The van der Waals surface area contributed by atoms with Crippen LogP contribution in [0.3, 0.4) is 0 Å². The number of halogens is 2. The molecule has 6 rings (SSSR count). The van der Waals surface area contributed by atoms with Gasteiger partial charge < -0.3 is 15.2 Å². The molecule has 1 saturated heterocycles. The van der Waals surface area contributed by atoms with Crippen molar-refractivity contribution in [1.82, 2.24) is 19.8 Å². The summed E-state index contributed by atoms with van der Waals surface area (Å²) < 4.78 is 28.9. The Balaban J connectivity index is 1.13. The number of anilines is 1. The van der Waals surface area contributed by atoms with Crippen LogP contribution in [0.25, 0.3) is 16.6 Å². The smallest absolute Gasteiger partial charge is 0.319 e. The van der Waals surface area contributed by atoms with Crippen molar-refractivity contribution in [2.45, 2.75) is 50.1 Å². The second-order valence-electron chi connectivity index (χ2n) is 10.5. The normalized spacial score (nSPS) is 21.1. The first-order valence-corrected chi connectivity index (χ1v) is 13.2. The minimum atomic E-state index is -2.50. The molecule has 0 atom stereocenters. The van der Waals surface area contributed by atoms with Gasteiger partial charge in [0, 0.05) is 47.9 Å². The van der Waals surface area contributed by atoms with Gasteiger partial charge in [-0.3, -0.25) is 9.88 Å². The van der Waals surface area contributed by atoms with E-state index >= 15 is 0 Å². The number of rotatable bonds is 6. The fourth-order valence-corrected chi connectivity index (χ4v) is 5.87. The number of carbonyl (C=O) groups excluding carboxylic acids is 1. The molecular formula is C30H31F2N5O. The third-order valence-corrected chi connectivity index (χ3v) is 7.84. The van der Waals surface area contributed by atoms with Crippen molar-refractivity contribution in [1.29, 1.82) is 0 Å². The molecule has 2 fully saturated rings. The van der Waals surface area contributed by atoms with Crippen molar-refractivity contribution < 1.29 is 13.6 Å². The Morgan fingerprint density at radius 1 is 0.974 bits per heavy atom. The van der Waals surface area contributed by atoms with E-state index in [2.05, 4.69) is 44.6 Å². The molecule has 0 bridgehead atoms. The van der Waals surface area contributed by atoms with Crippen molar-refractivity contribution in [3.05, 3.63) is 90.4 Å². The number of fused-ring (bicyclic) bond motifs is 1. The lowest BCUT2D eigenvalue weighted by Crippen LogP contribution is -2.60. The Morgan fingerprint density at radius 3 is 2.45 bits per heavy atom. The molecule has 3 heterocycles. The molecule has 4 aromatic rings. The molecule has 2 amide bonds. The quantitative estimate of drug-likeness (QED) is 0.316. The Bertz CT molecular complexity index is 1400. The van der Waals surface area contributed by atoms with Crippen molar-refractivity contribution in [3.63, 3.8) is 0 Å². The fourth-order valence-electron chi connectivity index (χ4n) is 5.87. The Labute approximate surface area is 220 Å². The SMILES string of the molecule is O=C(NCc1cccnc1)Nc1ccc(-n2cc(C3CCC(N4CC(F)(F)C4)CC3)c3ccccc32)cc1. The number of likely N-dealkylation sites (tertiary alicyclic amines) is 1. The van der Waals surface area contributed by atoms with E-state index in [-0.39, 0.29) is 25.2 Å². The van der Waals surface area contributed by atoms with Gasteiger partial charge in [0.25, 0.3) is 5.92 Å². The zero-order valence-corrected chi connectivity index (χ0v) is 21.1. The molecule has 0 radical (unpaired) electrons. The van der Waals surface area contributed by atoms with Crippen LogP contribution in [0, 0.1) is 0 Å². The molecule has 38 heavy (non-hydrogen) atoms. The van der Waals surface area contributed by atoms with Crippen LogP contribution in [0.1, 0.15) is 42.7 Å². The number of amides is 2. The van der Waals surface area contributed by atoms with Crippen molar-refractivity contribution in [2.24, 2.45) is 0 Å². The monoisotopic (exact) mass is 515 g/mol. The second-order valence-corrected chi connectivity index (χ2v) is 10.5. The predicted octanol–water partition coefficient (Wildman–Crippen LogP) is 6.32. The number of pyridine rings is 1. The van der Waals surface area contributed by atoms with E-state index in [0.29, 0.717) is 18.2 Å². The summed E-state index contributed by atoms with van der Waals surface area (Å²) in [5.74, 6) is -2.08. The fraction of sp³-hybridized carbons (Fsp3) is 0.333. The van der Waals surface area contributed by atoms with E-state index in [1.54, 1.807) is 12.4 Å². The number of nitrogens with one attached hydrogen (secondary N) is 2. The maximum Gasteiger partial charge on any atom is 0.319 e. The first kappa shape index (κ1) is 24.6. The molecule has 1 saturated carbocycles. The number of alkyl halides is 2. The summed E-state index contributed by atoms with van der Waals surface area (Å²) in [6, 6.07) is 20.0. The van der Waals surface area contributed by atoms with E-state index in [0.717, 1.165) is 42.5 Å². The standard InChI is InChI=1S/C30H31F2N5O/c31-30(32)19-36(20-30)24-11-7-22(8-12-24)27-18-37(28-6-2-1-5-26(27)28)25-13-9-23(10-14-25)35-29(38)34-17-21-4-3-15-33-16-21/h1-6,9-10,13-16,18,22,24H,7-8,11-12,17,19-20H2,(H2,34,35,38). The number of para-hydroxylation sites is 1. The lowest BCUT2D eigenvalue weighted by Gasteiger charge is -2.46. The molecule has 2 aliphatic rings. The van der Waals surface area contributed by atoms with Crippen LogP contribution >= 0.6 is 0 Å². The van der Waals surface area contributed by atoms with Gasteiger partial charge >= 0.3 is 6.03 Å². The number of aromatic nitrogens is 2. The minimum absolute atomic E-state index is 0.0847. The van der Waals surface area contributed by atoms with E-state index < -0.39 is 5.92 Å². The summed E-state index contributed by atoms with van der Waals surface area (Å²) in [4.78, 5) is 18.3. The average molecular weight is 516 g/mol.